The van der Waals surface area contributed by atoms with Gasteiger partial charge in [-0.15, -0.1) is 0 Å². The number of primary sulfonamides is 1. The van der Waals surface area contributed by atoms with Gasteiger partial charge in [0.25, 0.3) is 0 Å². The highest BCUT2D eigenvalue weighted by Gasteiger charge is 2.19. The average Bonchev–Trinajstić information content (AvgIpc) is 2.93. The van der Waals surface area contributed by atoms with E-state index in [1.807, 2.05) is 0 Å². The molecule has 1 fully saturated rings. The van der Waals surface area contributed by atoms with Crippen molar-refractivity contribution in [2.45, 2.75) is 36.6 Å². The smallest absolute Gasteiger partial charge is 0.240 e. The van der Waals surface area contributed by atoms with Gasteiger partial charge in [0, 0.05) is 24.8 Å². The molecule has 0 saturated heterocycles. The first kappa shape index (κ1) is 16.1. The number of nitrogens with two attached hydrogens (primary N) is 2. The summed E-state index contributed by atoms with van der Waals surface area (Å²) in [7, 11) is -1.67. The molecule has 0 bridgehead atoms. The monoisotopic (exact) mass is 312 g/mol. The zero-order chi connectivity index (χ0) is 15.5. The SMILES string of the molecule is CN(CCNc1ccc(N)cc1S(N)(=O)=O)C1CCCC1. The van der Waals surface area contributed by atoms with Gasteiger partial charge in [-0.2, -0.15) is 0 Å². The molecule has 118 valence electrons. The van der Waals surface area contributed by atoms with Crippen LogP contribution in [0.15, 0.2) is 23.1 Å². The minimum absolute atomic E-state index is 0.0472. The van der Waals surface area contributed by atoms with Crippen LogP contribution in [0.4, 0.5) is 11.4 Å². The average molecular weight is 312 g/mol. The van der Waals surface area contributed by atoms with E-state index in [0.717, 1.165) is 6.54 Å². The first-order chi connectivity index (χ1) is 9.88. The summed E-state index contributed by atoms with van der Waals surface area (Å²) in [4.78, 5) is 2.37. The molecule has 0 radical (unpaired) electrons. The normalized spacial score (nSPS) is 16.5. The van der Waals surface area contributed by atoms with Crippen LogP contribution in [0, 0.1) is 0 Å². The van der Waals surface area contributed by atoms with Crippen LogP contribution < -0.4 is 16.2 Å². The van der Waals surface area contributed by atoms with Crippen LogP contribution in [0.3, 0.4) is 0 Å². The lowest BCUT2D eigenvalue weighted by molar-refractivity contribution is 0.254. The second kappa shape index (κ2) is 6.64. The first-order valence-corrected chi connectivity index (χ1v) is 8.79. The molecule has 0 aliphatic heterocycles. The molecule has 1 aliphatic carbocycles. The summed E-state index contributed by atoms with van der Waals surface area (Å²) in [5.74, 6) is 0. The van der Waals surface area contributed by atoms with E-state index in [4.69, 9.17) is 10.9 Å². The molecule has 1 aromatic rings. The van der Waals surface area contributed by atoms with E-state index in [2.05, 4.69) is 17.3 Å². The van der Waals surface area contributed by atoms with Crippen LogP contribution in [-0.4, -0.2) is 39.5 Å². The third-order valence-electron chi connectivity index (χ3n) is 4.04. The molecule has 1 aliphatic rings. The van der Waals surface area contributed by atoms with Crippen LogP contribution in [0.1, 0.15) is 25.7 Å². The Balaban J connectivity index is 1.97. The lowest BCUT2D eigenvalue weighted by atomic mass is 10.2. The zero-order valence-electron chi connectivity index (χ0n) is 12.4. The van der Waals surface area contributed by atoms with E-state index in [0.29, 0.717) is 24.0 Å². The second-order valence-electron chi connectivity index (χ2n) is 5.65. The summed E-state index contributed by atoms with van der Waals surface area (Å²) in [6.45, 7) is 1.53. The van der Waals surface area contributed by atoms with Gasteiger partial charge in [-0.05, 0) is 38.1 Å². The highest BCUT2D eigenvalue weighted by atomic mass is 32.2. The number of anilines is 2. The molecule has 0 aromatic heterocycles. The van der Waals surface area contributed by atoms with Crippen molar-refractivity contribution < 1.29 is 8.42 Å². The standard InChI is InChI=1S/C14H24N4O2S/c1-18(12-4-2-3-5-12)9-8-17-13-7-6-11(15)10-14(13)21(16,19)20/h6-7,10,12,17H,2-5,8-9,15H2,1H3,(H2,16,19,20). The van der Waals surface area contributed by atoms with Crippen molar-refractivity contribution >= 4 is 21.4 Å². The van der Waals surface area contributed by atoms with Gasteiger partial charge in [0.2, 0.25) is 10.0 Å². The van der Waals surface area contributed by atoms with Crippen molar-refractivity contribution in [2.24, 2.45) is 5.14 Å². The Morgan fingerprint density at radius 2 is 2.00 bits per heavy atom. The van der Waals surface area contributed by atoms with Crippen molar-refractivity contribution in [1.82, 2.24) is 4.90 Å². The van der Waals surface area contributed by atoms with Crippen LogP contribution in [-0.2, 0) is 10.0 Å². The minimum Gasteiger partial charge on any atom is -0.399 e. The van der Waals surface area contributed by atoms with Gasteiger partial charge in [0.05, 0.1) is 5.69 Å². The van der Waals surface area contributed by atoms with Crippen molar-refractivity contribution in [3.63, 3.8) is 0 Å². The number of hydrogen-bond donors (Lipinski definition) is 3. The molecular formula is C14H24N4O2S. The molecule has 0 unspecified atom stereocenters. The number of sulfonamides is 1. The summed E-state index contributed by atoms with van der Waals surface area (Å²) in [6, 6.07) is 5.36. The van der Waals surface area contributed by atoms with E-state index in [-0.39, 0.29) is 4.90 Å². The summed E-state index contributed by atoms with van der Waals surface area (Å²) in [5.41, 5.74) is 6.52. The number of nitrogens with zero attached hydrogens (tertiary/aromatic N) is 1. The molecule has 1 saturated carbocycles. The summed E-state index contributed by atoms with van der Waals surface area (Å²) in [6.07, 6.45) is 5.10. The van der Waals surface area contributed by atoms with Gasteiger partial charge in [-0.3, -0.25) is 0 Å². The number of nitrogens with one attached hydrogen (secondary N) is 1. The van der Waals surface area contributed by atoms with Crippen LogP contribution >= 0.6 is 0 Å². The second-order valence-corrected chi connectivity index (χ2v) is 7.18. The molecule has 0 amide bonds. The van der Waals surface area contributed by atoms with Crippen molar-refractivity contribution in [3.8, 4) is 0 Å². The maximum absolute atomic E-state index is 11.6. The van der Waals surface area contributed by atoms with Crippen LogP contribution in [0.2, 0.25) is 0 Å². The Labute approximate surface area is 126 Å². The Hall–Kier alpha value is -1.31. The van der Waals surface area contributed by atoms with Crippen molar-refractivity contribution in [3.05, 3.63) is 18.2 Å². The topological polar surface area (TPSA) is 101 Å². The van der Waals surface area contributed by atoms with E-state index in [1.54, 1.807) is 12.1 Å². The quantitative estimate of drug-likeness (QED) is 0.685. The molecule has 6 nitrogen and oxygen atoms in total. The zero-order valence-corrected chi connectivity index (χ0v) is 13.2. The molecule has 5 N–H and O–H groups in total. The predicted octanol–water partition coefficient (Wildman–Crippen LogP) is 1.20. The van der Waals surface area contributed by atoms with E-state index >= 15 is 0 Å². The third kappa shape index (κ3) is 4.33. The fourth-order valence-electron chi connectivity index (χ4n) is 2.81. The van der Waals surface area contributed by atoms with Crippen LogP contribution in [0.25, 0.3) is 0 Å². The largest absolute Gasteiger partial charge is 0.399 e. The summed E-state index contributed by atoms with van der Waals surface area (Å²) >= 11 is 0. The molecule has 0 atom stereocenters. The molecule has 2 rings (SSSR count). The maximum Gasteiger partial charge on any atom is 0.240 e. The molecule has 0 spiro atoms. The lowest BCUT2D eigenvalue weighted by Gasteiger charge is -2.24. The molecule has 21 heavy (non-hydrogen) atoms. The van der Waals surface area contributed by atoms with E-state index < -0.39 is 10.0 Å². The number of benzene rings is 1. The van der Waals surface area contributed by atoms with E-state index in [1.165, 1.54) is 31.7 Å². The lowest BCUT2D eigenvalue weighted by Crippen LogP contribution is -2.33. The molecule has 7 heteroatoms. The fourth-order valence-corrected chi connectivity index (χ4v) is 3.56. The maximum atomic E-state index is 11.6. The van der Waals surface area contributed by atoms with Gasteiger partial charge in [0.15, 0.2) is 0 Å². The summed E-state index contributed by atoms with van der Waals surface area (Å²) in [5, 5.41) is 8.37. The van der Waals surface area contributed by atoms with Gasteiger partial charge in [-0.25, -0.2) is 13.6 Å². The molecule has 0 heterocycles. The van der Waals surface area contributed by atoms with Gasteiger partial charge in [-0.1, -0.05) is 12.8 Å². The molecular weight excluding hydrogens is 288 g/mol. The van der Waals surface area contributed by atoms with Gasteiger partial charge >= 0.3 is 0 Å². The van der Waals surface area contributed by atoms with Crippen molar-refractivity contribution in [1.29, 1.82) is 0 Å². The molecule has 1 aromatic carbocycles. The van der Waals surface area contributed by atoms with Crippen molar-refractivity contribution in [2.75, 3.05) is 31.2 Å². The number of rotatable bonds is 6. The highest BCUT2D eigenvalue weighted by molar-refractivity contribution is 7.89. The minimum atomic E-state index is -3.78. The Morgan fingerprint density at radius 1 is 1.33 bits per heavy atom. The van der Waals surface area contributed by atoms with Gasteiger partial charge in [0.1, 0.15) is 4.90 Å². The third-order valence-corrected chi connectivity index (χ3v) is 4.99. The predicted molar refractivity (Wildman–Crippen MR) is 85.6 cm³/mol. The fraction of sp³-hybridized carbons (Fsp3) is 0.571. The summed E-state index contributed by atoms with van der Waals surface area (Å²) < 4.78 is 23.2. The number of hydrogen-bond acceptors (Lipinski definition) is 5. The Bertz CT molecular complexity index is 583. The first-order valence-electron chi connectivity index (χ1n) is 7.24. The van der Waals surface area contributed by atoms with Crippen LogP contribution in [0.5, 0.6) is 0 Å². The Kier molecular flexibility index (Phi) is 5.08. The van der Waals surface area contributed by atoms with Gasteiger partial charge < -0.3 is 16.0 Å². The Morgan fingerprint density at radius 3 is 2.62 bits per heavy atom. The number of likely N-dealkylation sites (N-methyl/N-ethyl adjacent to an activating group) is 1. The number of nitrogen functional groups attached to an aromatic ring is 1. The van der Waals surface area contributed by atoms with E-state index in [9.17, 15) is 8.42 Å². The highest BCUT2D eigenvalue weighted by Crippen LogP contribution is 2.24.